The summed E-state index contributed by atoms with van der Waals surface area (Å²) in [7, 11) is 0. The number of aromatic nitrogens is 3. The van der Waals surface area contributed by atoms with Crippen molar-refractivity contribution in [3.8, 4) is 0 Å². The van der Waals surface area contributed by atoms with E-state index in [-0.39, 0.29) is 5.91 Å². The van der Waals surface area contributed by atoms with Crippen molar-refractivity contribution < 1.29 is 4.79 Å². The number of fused-ring (bicyclic) bond motifs is 1. The van der Waals surface area contributed by atoms with E-state index in [2.05, 4.69) is 15.3 Å². The summed E-state index contributed by atoms with van der Waals surface area (Å²) >= 11 is 0. The molecule has 114 valence electrons. The maximum absolute atomic E-state index is 12.7. The summed E-state index contributed by atoms with van der Waals surface area (Å²) in [5, 5.41) is 3.27. The summed E-state index contributed by atoms with van der Waals surface area (Å²) in [6, 6.07) is 0.372. The van der Waals surface area contributed by atoms with Gasteiger partial charge in [-0.1, -0.05) is 0 Å². The lowest BCUT2D eigenvalue weighted by molar-refractivity contribution is 0.0928. The number of amides is 1. The van der Waals surface area contributed by atoms with Crippen molar-refractivity contribution in [1.82, 2.24) is 20.3 Å². The molecule has 0 unspecified atom stereocenters. The number of nitrogens with zero attached hydrogens (tertiary/aromatic N) is 2. The van der Waals surface area contributed by atoms with E-state index >= 15 is 0 Å². The molecule has 0 aliphatic heterocycles. The molecule has 0 saturated heterocycles. The molecular weight excluding hydrogens is 276 g/mol. The quantitative estimate of drug-likeness (QED) is 0.891. The molecule has 2 aromatic rings. The normalized spacial score (nSPS) is 21.5. The average Bonchev–Trinajstić information content (AvgIpc) is 3.34. The lowest BCUT2D eigenvalue weighted by Crippen LogP contribution is -2.38. The van der Waals surface area contributed by atoms with E-state index in [9.17, 15) is 4.79 Å². The minimum atomic E-state index is 0.0114. The summed E-state index contributed by atoms with van der Waals surface area (Å²) in [4.78, 5) is 24.9. The zero-order valence-electron chi connectivity index (χ0n) is 12.5. The van der Waals surface area contributed by atoms with Crippen LogP contribution in [0.5, 0.6) is 0 Å². The van der Waals surface area contributed by atoms with Crippen LogP contribution in [-0.2, 0) is 0 Å². The summed E-state index contributed by atoms with van der Waals surface area (Å²) in [5.74, 6) is 1.97. The topological polar surface area (TPSA) is 70.7 Å². The Labute approximate surface area is 128 Å². The van der Waals surface area contributed by atoms with Gasteiger partial charge in [0.05, 0.1) is 17.5 Å². The molecule has 0 spiro atoms. The molecule has 3 aliphatic rings. The van der Waals surface area contributed by atoms with Gasteiger partial charge in [0.2, 0.25) is 0 Å². The molecule has 0 radical (unpaired) electrons. The van der Waals surface area contributed by atoms with E-state index < -0.39 is 0 Å². The molecule has 5 heteroatoms. The predicted octanol–water partition coefficient (Wildman–Crippen LogP) is 2.75. The van der Waals surface area contributed by atoms with E-state index in [4.69, 9.17) is 4.98 Å². The van der Waals surface area contributed by atoms with Gasteiger partial charge in [-0.15, -0.1) is 0 Å². The predicted molar refractivity (Wildman–Crippen MR) is 82.6 cm³/mol. The standard InChI is InChI=1S/C17H20N4O/c22-17(21-14(10-3-4-10)11-5-6-11)12-7-18-16-15(12)20-13(8-19-16)9-1-2-9/h7-11,14H,1-6H2,(H,18,19)(H,21,22). The summed E-state index contributed by atoms with van der Waals surface area (Å²) in [5.41, 5.74) is 3.12. The molecule has 22 heavy (non-hydrogen) atoms. The molecule has 3 fully saturated rings. The van der Waals surface area contributed by atoms with Crippen molar-refractivity contribution in [1.29, 1.82) is 0 Å². The maximum atomic E-state index is 12.7. The van der Waals surface area contributed by atoms with Gasteiger partial charge in [-0.05, 0) is 50.4 Å². The molecule has 0 atom stereocenters. The minimum absolute atomic E-state index is 0.0114. The van der Waals surface area contributed by atoms with Crippen LogP contribution in [0.4, 0.5) is 0 Å². The number of nitrogens with one attached hydrogen (secondary N) is 2. The van der Waals surface area contributed by atoms with Crippen LogP contribution in [0.15, 0.2) is 12.4 Å². The van der Waals surface area contributed by atoms with Gasteiger partial charge in [0.15, 0.2) is 5.65 Å². The lowest BCUT2D eigenvalue weighted by Gasteiger charge is -2.17. The molecule has 3 aliphatic carbocycles. The van der Waals surface area contributed by atoms with Crippen LogP contribution < -0.4 is 5.32 Å². The third-order valence-corrected chi connectivity index (χ3v) is 5.20. The van der Waals surface area contributed by atoms with Gasteiger partial charge in [-0.25, -0.2) is 9.97 Å². The second-order valence-corrected chi connectivity index (χ2v) is 7.14. The van der Waals surface area contributed by atoms with Crippen molar-refractivity contribution in [3.05, 3.63) is 23.7 Å². The molecule has 0 bridgehead atoms. The Balaban J connectivity index is 1.44. The van der Waals surface area contributed by atoms with Crippen molar-refractivity contribution in [2.45, 2.75) is 50.5 Å². The van der Waals surface area contributed by atoms with Crippen molar-refractivity contribution in [2.75, 3.05) is 0 Å². The first-order valence-electron chi connectivity index (χ1n) is 8.44. The van der Waals surface area contributed by atoms with Gasteiger partial charge in [-0.3, -0.25) is 4.79 Å². The fourth-order valence-corrected chi connectivity index (χ4v) is 3.41. The number of H-pyrrole nitrogens is 1. The number of hydrogen-bond acceptors (Lipinski definition) is 3. The fraction of sp³-hybridized carbons (Fsp3) is 0.588. The van der Waals surface area contributed by atoms with Crippen molar-refractivity contribution in [3.63, 3.8) is 0 Å². The van der Waals surface area contributed by atoms with Crippen LogP contribution in [0.1, 0.15) is 60.5 Å². The van der Waals surface area contributed by atoms with Gasteiger partial charge in [0.25, 0.3) is 5.91 Å². The Hall–Kier alpha value is -1.91. The first kappa shape index (κ1) is 12.6. The zero-order chi connectivity index (χ0) is 14.7. The van der Waals surface area contributed by atoms with E-state index in [0.717, 1.165) is 11.2 Å². The number of hydrogen-bond donors (Lipinski definition) is 2. The minimum Gasteiger partial charge on any atom is -0.349 e. The van der Waals surface area contributed by atoms with E-state index in [1.165, 1.54) is 38.5 Å². The molecule has 2 heterocycles. The molecule has 5 nitrogen and oxygen atoms in total. The third kappa shape index (κ3) is 2.19. The van der Waals surface area contributed by atoms with E-state index in [1.807, 2.05) is 6.20 Å². The highest BCUT2D eigenvalue weighted by Crippen LogP contribution is 2.44. The monoisotopic (exact) mass is 296 g/mol. The fourth-order valence-electron chi connectivity index (χ4n) is 3.41. The van der Waals surface area contributed by atoms with Crippen molar-refractivity contribution in [2.24, 2.45) is 11.8 Å². The highest BCUT2D eigenvalue weighted by Gasteiger charge is 2.42. The Bertz CT molecular complexity index is 728. The number of rotatable bonds is 5. The summed E-state index contributed by atoms with van der Waals surface area (Å²) in [6.45, 7) is 0. The molecular formula is C17H20N4O. The third-order valence-electron chi connectivity index (χ3n) is 5.20. The molecule has 1 amide bonds. The number of carbonyl (C=O) groups is 1. The Morgan fingerprint density at radius 2 is 1.91 bits per heavy atom. The SMILES string of the molecule is O=C(NC(C1CC1)C1CC1)c1c[nH]c2ncc(C3CC3)nc12. The summed E-state index contributed by atoms with van der Waals surface area (Å²) in [6.07, 6.45) is 11.0. The molecule has 0 aromatic carbocycles. The van der Waals surface area contributed by atoms with Gasteiger partial charge in [0, 0.05) is 18.2 Å². The maximum Gasteiger partial charge on any atom is 0.255 e. The highest BCUT2D eigenvalue weighted by molar-refractivity contribution is 6.04. The average molecular weight is 296 g/mol. The van der Waals surface area contributed by atoms with Gasteiger partial charge in [0.1, 0.15) is 5.52 Å². The van der Waals surface area contributed by atoms with Crippen LogP contribution >= 0.6 is 0 Å². The Morgan fingerprint density at radius 1 is 1.18 bits per heavy atom. The van der Waals surface area contributed by atoms with Gasteiger partial charge < -0.3 is 10.3 Å². The van der Waals surface area contributed by atoms with Gasteiger partial charge >= 0.3 is 0 Å². The van der Waals surface area contributed by atoms with Gasteiger partial charge in [-0.2, -0.15) is 0 Å². The second kappa shape index (κ2) is 4.54. The first-order valence-corrected chi connectivity index (χ1v) is 8.44. The Morgan fingerprint density at radius 3 is 2.55 bits per heavy atom. The van der Waals surface area contributed by atoms with Crippen LogP contribution in [0.25, 0.3) is 11.2 Å². The van der Waals surface area contributed by atoms with Crippen LogP contribution in [0.3, 0.4) is 0 Å². The first-order chi connectivity index (χ1) is 10.8. The Kier molecular flexibility index (Phi) is 2.60. The molecule has 5 rings (SSSR count). The van der Waals surface area contributed by atoms with Crippen LogP contribution in [0, 0.1) is 11.8 Å². The largest absolute Gasteiger partial charge is 0.349 e. The zero-order valence-corrected chi connectivity index (χ0v) is 12.5. The number of aromatic amines is 1. The smallest absolute Gasteiger partial charge is 0.255 e. The van der Waals surface area contributed by atoms with E-state index in [0.29, 0.717) is 35.0 Å². The second-order valence-electron chi connectivity index (χ2n) is 7.14. The van der Waals surface area contributed by atoms with Crippen LogP contribution in [-0.4, -0.2) is 26.9 Å². The highest BCUT2D eigenvalue weighted by atomic mass is 16.1. The molecule has 2 aromatic heterocycles. The molecule has 2 N–H and O–H groups in total. The summed E-state index contributed by atoms with van der Waals surface area (Å²) < 4.78 is 0. The lowest BCUT2D eigenvalue weighted by atomic mass is 10.1. The van der Waals surface area contributed by atoms with Crippen LogP contribution in [0.2, 0.25) is 0 Å². The van der Waals surface area contributed by atoms with E-state index in [1.54, 1.807) is 6.20 Å². The molecule has 3 saturated carbocycles. The van der Waals surface area contributed by atoms with Crippen molar-refractivity contribution >= 4 is 17.1 Å². The number of carbonyl (C=O) groups excluding carboxylic acids is 1.